The first-order valence-electron chi connectivity index (χ1n) is 5.57. The largest absolute Gasteiger partial charge is 0.506 e. The lowest BCUT2D eigenvalue weighted by Crippen LogP contribution is -1.88. The predicted octanol–water partition coefficient (Wildman–Crippen LogP) is 4.35. The summed E-state index contributed by atoms with van der Waals surface area (Å²) in [5.74, 6) is -0.00960. The third kappa shape index (κ3) is 2.94. The van der Waals surface area contributed by atoms with Crippen LogP contribution in [0, 0.1) is 0 Å². The van der Waals surface area contributed by atoms with Gasteiger partial charge in [0.15, 0.2) is 5.78 Å². The second kappa shape index (κ2) is 6.21. The highest BCUT2D eigenvalue weighted by Crippen LogP contribution is 2.38. The van der Waals surface area contributed by atoms with Gasteiger partial charge in [-0.2, -0.15) is 0 Å². The Morgan fingerprint density at radius 2 is 1.76 bits per heavy atom. The van der Waals surface area contributed by atoms with Gasteiger partial charge < -0.3 is 5.11 Å². The Bertz CT molecular complexity index is 486. The minimum atomic E-state index is -0.106. The maximum Gasteiger partial charge on any atom is 0.164 e. The Balaban J connectivity index is 0.000000686. The molecule has 2 rings (SSSR count). The van der Waals surface area contributed by atoms with Crippen LogP contribution in [0.25, 0.3) is 10.4 Å². The Morgan fingerprint density at radius 1 is 1.18 bits per heavy atom. The molecule has 1 N–H and O–H groups in total. The lowest BCUT2D eigenvalue weighted by atomic mass is 10.1. The molecule has 0 bridgehead atoms. The molecule has 0 spiro atoms. The van der Waals surface area contributed by atoms with E-state index in [4.69, 9.17) is 0 Å². The molecule has 0 saturated heterocycles. The average Bonchev–Trinajstić information content (AvgIpc) is 2.75. The molecule has 90 valence electrons. The van der Waals surface area contributed by atoms with Crippen molar-refractivity contribution < 1.29 is 9.90 Å². The highest BCUT2D eigenvalue weighted by atomic mass is 32.1. The molecule has 17 heavy (non-hydrogen) atoms. The third-order valence-electron chi connectivity index (χ3n) is 2.18. The van der Waals surface area contributed by atoms with Gasteiger partial charge in [0.05, 0.1) is 10.4 Å². The van der Waals surface area contributed by atoms with Crippen molar-refractivity contribution in [3.63, 3.8) is 0 Å². The van der Waals surface area contributed by atoms with Crippen LogP contribution in [0.5, 0.6) is 5.75 Å². The normalized spacial score (nSPS) is 9.35. The lowest BCUT2D eigenvalue weighted by molar-refractivity contribution is 0.101. The fourth-order valence-electron chi connectivity index (χ4n) is 1.40. The zero-order valence-electron chi connectivity index (χ0n) is 10.2. The van der Waals surface area contributed by atoms with Crippen LogP contribution in [0.2, 0.25) is 0 Å². The van der Waals surface area contributed by atoms with E-state index in [0.717, 1.165) is 10.4 Å². The van der Waals surface area contributed by atoms with Crippen molar-refractivity contribution in [1.29, 1.82) is 0 Å². The molecule has 0 atom stereocenters. The van der Waals surface area contributed by atoms with Crippen molar-refractivity contribution in [3.05, 3.63) is 41.3 Å². The number of rotatable bonds is 2. The van der Waals surface area contributed by atoms with Crippen molar-refractivity contribution in [2.75, 3.05) is 0 Å². The number of aromatic hydroxyl groups is 1. The molecule has 1 aromatic heterocycles. The van der Waals surface area contributed by atoms with Crippen LogP contribution < -0.4 is 0 Å². The van der Waals surface area contributed by atoms with E-state index < -0.39 is 0 Å². The predicted molar refractivity (Wildman–Crippen MR) is 72.8 cm³/mol. The summed E-state index contributed by atoms with van der Waals surface area (Å²) < 4.78 is 0. The van der Waals surface area contributed by atoms with Crippen LogP contribution in [-0.4, -0.2) is 10.9 Å². The van der Waals surface area contributed by atoms with Crippen LogP contribution in [0.15, 0.2) is 35.7 Å². The smallest absolute Gasteiger partial charge is 0.164 e. The SMILES string of the molecule is CC.CC(=O)c1csc(-c2ccccc2)c1O. The van der Waals surface area contributed by atoms with Crippen LogP contribution in [0.4, 0.5) is 0 Å². The van der Waals surface area contributed by atoms with Gasteiger partial charge in [-0.1, -0.05) is 44.2 Å². The summed E-state index contributed by atoms with van der Waals surface area (Å²) in [6.07, 6.45) is 0. The molecule has 0 saturated carbocycles. The first-order valence-corrected chi connectivity index (χ1v) is 6.45. The van der Waals surface area contributed by atoms with Gasteiger partial charge in [0.25, 0.3) is 0 Å². The monoisotopic (exact) mass is 248 g/mol. The summed E-state index contributed by atoms with van der Waals surface area (Å²) in [6.45, 7) is 5.45. The van der Waals surface area contributed by atoms with E-state index in [9.17, 15) is 9.90 Å². The number of benzene rings is 1. The average molecular weight is 248 g/mol. The summed E-state index contributed by atoms with van der Waals surface area (Å²) in [7, 11) is 0. The van der Waals surface area contributed by atoms with Gasteiger partial charge in [0.2, 0.25) is 0 Å². The third-order valence-corrected chi connectivity index (χ3v) is 3.20. The van der Waals surface area contributed by atoms with Crippen LogP contribution >= 0.6 is 11.3 Å². The van der Waals surface area contributed by atoms with Crippen molar-refractivity contribution in [1.82, 2.24) is 0 Å². The molecule has 0 aliphatic carbocycles. The van der Waals surface area contributed by atoms with Crippen molar-refractivity contribution in [3.8, 4) is 16.2 Å². The summed E-state index contributed by atoms with van der Waals surface area (Å²) in [4.78, 5) is 11.9. The van der Waals surface area contributed by atoms with E-state index >= 15 is 0 Å². The van der Waals surface area contributed by atoms with E-state index in [1.807, 2.05) is 44.2 Å². The van der Waals surface area contributed by atoms with Gasteiger partial charge in [-0.15, -0.1) is 11.3 Å². The summed E-state index contributed by atoms with van der Waals surface area (Å²) in [5, 5.41) is 11.5. The molecule has 3 heteroatoms. The highest BCUT2D eigenvalue weighted by molar-refractivity contribution is 7.14. The Labute approximate surface area is 106 Å². The second-order valence-corrected chi connectivity index (χ2v) is 4.13. The zero-order valence-corrected chi connectivity index (χ0v) is 11.0. The van der Waals surface area contributed by atoms with E-state index in [0.29, 0.717) is 5.56 Å². The number of Topliss-reactive ketones (excluding diaryl/α,β-unsaturated/α-hetero) is 1. The minimum Gasteiger partial charge on any atom is -0.506 e. The molecule has 1 heterocycles. The van der Waals surface area contributed by atoms with E-state index in [-0.39, 0.29) is 11.5 Å². The molecule has 2 nitrogen and oxygen atoms in total. The Morgan fingerprint density at radius 3 is 2.24 bits per heavy atom. The number of carbonyl (C=O) groups is 1. The van der Waals surface area contributed by atoms with Crippen molar-refractivity contribution in [2.24, 2.45) is 0 Å². The maximum absolute atomic E-state index is 11.2. The van der Waals surface area contributed by atoms with Crippen LogP contribution in [0.3, 0.4) is 0 Å². The first kappa shape index (κ1) is 13.5. The molecule has 0 unspecified atom stereocenters. The van der Waals surface area contributed by atoms with Gasteiger partial charge in [0, 0.05) is 5.38 Å². The number of carbonyl (C=O) groups excluding carboxylic acids is 1. The molecular formula is C14H16O2S. The number of ketones is 1. The quantitative estimate of drug-likeness (QED) is 0.802. The van der Waals surface area contributed by atoms with Gasteiger partial charge >= 0.3 is 0 Å². The molecule has 0 radical (unpaired) electrons. The summed E-state index contributed by atoms with van der Waals surface area (Å²) >= 11 is 1.39. The molecule has 2 aromatic rings. The summed E-state index contributed by atoms with van der Waals surface area (Å²) in [6, 6.07) is 9.55. The molecular weight excluding hydrogens is 232 g/mol. The highest BCUT2D eigenvalue weighted by Gasteiger charge is 2.14. The fraction of sp³-hybridized carbons (Fsp3) is 0.214. The molecule has 0 fully saturated rings. The first-order chi connectivity index (χ1) is 8.20. The molecule has 0 aliphatic rings. The van der Waals surface area contributed by atoms with E-state index in [2.05, 4.69) is 0 Å². The minimum absolute atomic E-state index is 0.0960. The van der Waals surface area contributed by atoms with Gasteiger partial charge in [-0.05, 0) is 12.5 Å². The van der Waals surface area contributed by atoms with E-state index in [1.54, 1.807) is 5.38 Å². The molecule has 0 aliphatic heterocycles. The van der Waals surface area contributed by atoms with Gasteiger partial charge in [-0.3, -0.25) is 4.79 Å². The molecule has 1 aromatic carbocycles. The van der Waals surface area contributed by atoms with Crippen LogP contribution in [0.1, 0.15) is 31.1 Å². The van der Waals surface area contributed by atoms with E-state index in [1.165, 1.54) is 18.3 Å². The lowest BCUT2D eigenvalue weighted by Gasteiger charge is -1.98. The Kier molecular flexibility index (Phi) is 4.91. The number of hydrogen-bond donors (Lipinski definition) is 1. The van der Waals surface area contributed by atoms with Crippen molar-refractivity contribution in [2.45, 2.75) is 20.8 Å². The van der Waals surface area contributed by atoms with Crippen LogP contribution in [-0.2, 0) is 0 Å². The van der Waals surface area contributed by atoms with Gasteiger partial charge in [0.1, 0.15) is 5.75 Å². The zero-order chi connectivity index (χ0) is 12.8. The number of thiophene rings is 1. The molecule has 0 amide bonds. The standard InChI is InChI=1S/C12H10O2S.C2H6/c1-8(13)10-7-15-12(11(10)14)9-5-3-2-4-6-9;1-2/h2-7,14H,1H3;1-2H3. The van der Waals surface area contributed by atoms with Gasteiger partial charge in [-0.25, -0.2) is 0 Å². The Hall–Kier alpha value is -1.61. The summed E-state index contributed by atoms with van der Waals surface area (Å²) in [5.41, 5.74) is 1.34. The second-order valence-electron chi connectivity index (χ2n) is 3.25. The number of hydrogen-bond acceptors (Lipinski definition) is 3. The topological polar surface area (TPSA) is 37.3 Å². The fourth-order valence-corrected chi connectivity index (χ4v) is 2.40. The van der Waals surface area contributed by atoms with Crippen molar-refractivity contribution >= 4 is 17.1 Å². The maximum atomic E-state index is 11.2.